The van der Waals surface area contributed by atoms with Crippen LogP contribution in [0.1, 0.15) is 44.1 Å². The van der Waals surface area contributed by atoms with Crippen LogP contribution < -0.4 is 5.32 Å². The minimum atomic E-state index is -0.447. The summed E-state index contributed by atoms with van der Waals surface area (Å²) in [5, 5.41) is 2.84. The number of carbonyl (C=O) groups excluding carboxylic acids is 2. The number of benzene rings is 1. The Balaban J connectivity index is 1.16. The van der Waals surface area contributed by atoms with Gasteiger partial charge in [0.25, 0.3) is 5.91 Å². The number of hydrogen-bond donors (Lipinski definition) is 1. The molecular weight excluding hydrogens is 394 g/mol. The van der Waals surface area contributed by atoms with E-state index in [0.717, 1.165) is 37.2 Å². The number of thioether (sulfide) groups is 1. The van der Waals surface area contributed by atoms with Crippen molar-refractivity contribution in [2.75, 3.05) is 18.9 Å². The summed E-state index contributed by atoms with van der Waals surface area (Å²) in [6.45, 7) is 0.391. The van der Waals surface area contributed by atoms with E-state index in [1.807, 2.05) is 18.2 Å². The van der Waals surface area contributed by atoms with Crippen molar-refractivity contribution in [1.82, 2.24) is 5.32 Å². The van der Waals surface area contributed by atoms with Gasteiger partial charge in [0, 0.05) is 22.9 Å². The van der Waals surface area contributed by atoms with Gasteiger partial charge in [-0.3, -0.25) is 9.59 Å². The van der Waals surface area contributed by atoms with Crippen molar-refractivity contribution in [3.63, 3.8) is 0 Å². The monoisotopic (exact) mass is 421 g/mol. The van der Waals surface area contributed by atoms with Crippen LogP contribution in [0.15, 0.2) is 30.3 Å². The number of halogens is 1. The minimum Gasteiger partial charge on any atom is -0.455 e. The van der Waals surface area contributed by atoms with E-state index in [-0.39, 0.29) is 23.4 Å². The fraction of sp³-hybridized carbons (Fsp3) is 0.636. The van der Waals surface area contributed by atoms with E-state index in [4.69, 9.17) is 16.3 Å². The molecule has 1 amide bonds. The van der Waals surface area contributed by atoms with Crippen LogP contribution in [0.3, 0.4) is 0 Å². The van der Waals surface area contributed by atoms with Crippen LogP contribution in [0.2, 0.25) is 0 Å². The summed E-state index contributed by atoms with van der Waals surface area (Å²) in [6.07, 6.45) is 5.74. The molecule has 0 radical (unpaired) electrons. The van der Waals surface area contributed by atoms with Crippen molar-refractivity contribution in [3.05, 3.63) is 35.9 Å². The van der Waals surface area contributed by atoms with Crippen molar-refractivity contribution in [2.24, 2.45) is 17.3 Å². The molecule has 28 heavy (non-hydrogen) atoms. The molecule has 4 aliphatic carbocycles. The SMILES string of the molecule is O=C(COC(=O)C12C[C@@H]3C[C@@H](CC(Cl)(C3)C1)C2)NCCSCc1ccccc1. The molecule has 5 rings (SSSR count). The van der Waals surface area contributed by atoms with Gasteiger partial charge in [-0.25, -0.2) is 0 Å². The van der Waals surface area contributed by atoms with Gasteiger partial charge in [0.1, 0.15) is 0 Å². The van der Waals surface area contributed by atoms with E-state index in [1.54, 1.807) is 11.8 Å². The van der Waals surface area contributed by atoms with E-state index >= 15 is 0 Å². The van der Waals surface area contributed by atoms with Gasteiger partial charge in [-0.2, -0.15) is 11.8 Å². The first-order valence-electron chi connectivity index (χ1n) is 10.2. The molecule has 1 aromatic rings. The maximum Gasteiger partial charge on any atom is 0.312 e. The molecule has 6 heteroatoms. The summed E-state index contributed by atoms with van der Waals surface area (Å²) < 4.78 is 5.44. The third-order valence-electron chi connectivity index (χ3n) is 6.44. The number of carbonyl (C=O) groups is 2. The molecule has 4 bridgehead atoms. The van der Waals surface area contributed by atoms with Crippen LogP contribution in [0, 0.1) is 17.3 Å². The Morgan fingerprint density at radius 2 is 1.86 bits per heavy atom. The lowest BCUT2D eigenvalue weighted by atomic mass is 9.49. The molecule has 4 saturated carbocycles. The Bertz CT molecular complexity index is 712. The van der Waals surface area contributed by atoms with E-state index in [1.165, 1.54) is 12.0 Å². The molecular formula is C22H28ClNO3S. The number of rotatable bonds is 8. The van der Waals surface area contributed by atoms with E-state index in [2.05, 4.69) is 17.4 Å². The molecule has 0 aromatic heterocycles. The highest BCUT2D eigenvalue weighted by molar-refractivity contribution is 7.98. The maximum atomic E-state index is 12.8. The average Bonchev–Trinajstić information content (AvgIpc) is 2.64. The summed E-state index contributed by atoms with van der Waals surface area (Å²) in [7, 11) is 0. The average molecular weight is 422 g/mol. The Hall–Kier alpha value is -1.20. The van der Waals surface area contributed by atoms with Crippen LogP contribution in [0.25, 0.3) is 0 Å². The number of hydrogen-bond acceptors (Lipinski definition) is 4. The summed E-state index contributed by atoms with van der Waals surface area (Å²) >= 11 is 8.55. The second-order valence-electron chi connectivity index (χ2n) is 8.86. The third-order valence-corrected chi connectivity index (χ3v) is 7.91. The lowest BCUT2D eigenvalue weighted by Gasteiger charge is -2.58. The van der Waals surface area contributed by atoms with E-state index < -0.39 is 5.41 Å². The van der Waals surface area contributed by atoms with Gasteiger partial charge in [-0.1, -0.05) is 30.3 Å². The van der Waals surface area contributed by atoms with Gasteiger partial charge in [0.2, 0.25) is 0 Å². The highest BCUT2D eigenvalue weighted by Crippen LogP contribution is 2.64. The van der Waals surface area contributed by atoms with Crippen LogP contribution in [-0.4, -0.2) is 35.7 Å². The second kappa shape index (κ2) is 8.27. The zero-order chi connectivity index (χ0) is 19.6. The van der Waals surface area contributed by atoms with Gasteiger partial charge in [0.05, 0.1) is 5.41 Å². The first-order valence-corrected chi connectivity index (χ1v) is 11.7. The fourth-order valence-corrected chi connectivity index (χ4v) is 7.26. The predicted molar refractivity (Wildman–Crippen MR) is 112 cm³/mol. The predicted octanol–water partition coefficient (Wildman–Crippen LogP) is 4.16. The van der Waals surface area contributed by atoms with Crippen LogP contribution in [0.4, 0.5) is 0 Å². The van der Waals surface area contributed by atoms with Crippen LogP contribution in [-0.2, 0) is 20.1 Å². The van der Waals surface area contributed by atoms with Crippen molar-refractivity contribution in [1.29, 1.82) is 0 Å². The zero-order valence-electron chi connectivity index (χ0n) is 16.1. The van der Waals surface area contributed by atoms with Crippen molar-refractivity contribution in [3.8, 4) is 0 Å². The molecule has 152 valence electrons. The molecule has 0 spiro atoms. The summed E-state index contributed by atoms with van der Waals surface area (Å²) in [5.74, 6) is 2.41. The van der Waals surface area contributed by atoms with Gasteiger partial charge >= 0.3 is 5.97 Å². The Labute approximate surface area is 176 Å². The second-order valence-corrected chi connectivity index (χ2v) is 10.8. The molecule has 1 N–H and O–H groups in total. The van der Waals surface area contributed by atoms with Gasteiger partial charge < -0.3 is 10.1 Å². The van der Waals surface area contributed by atoms with Crippen molar-refractivity contribution < 1.29 is 14.3 Å². The summed E-state index contributed by atoms with van der Waals surface area (Å²) in [5.41, 5.74) is 0.831. The fourth-order valence-electron chi connectivity index (χ4n) is 5.75. The van der Waals surface area contributed by atoms with Crippen LogP contribution >= 0.6 is 23.4 Å². The summed E-state index contributed by atoms with van der Waals surface area (Å²) in [6, 6.07) is 10.3. The molecule has 0 aliphatic heterocycles. The first kappa shape index (κ1) is 20.1. The van der Waals surface area contributed by atoms with Gasteiger partial charge in [0.15, 0.2) is 6.61 Å². The Kier molecular flexibility index (Phi) is 5.93. The standard InChI is InChI=1S/C22H28ClNO3S/c23-22-11-17-8-18(12-22)10-21(9-17,15-22)20(26)27-13-19(25)24-6-7-28-14-16-4-2-1-3-5-16/h1-5,17-18H,6-15H2,(H,24,25)/t17-,18+,21?,22?. The quantitative estimate of drug-likeness (QED) is 0.389. The highest BCUT2D eigenvalue weighted by Gasteiger charge is 2.60. The lowest BCUT2D eigenvalue weighted by Crippen LogP contribution is -2.56. The Morgan fingerprint density at radius 1 is 1.14 bits per heavy atom. The smallest absolute Gasteiger partial charge is 0.312 e. The molecule has 0 saturated heterocycles. The summed E-state index contributed by atoms with van der Waals surface area (Å²) in [4.78, 5) is 24.6. The number of nitrogens with one attached hydrogen (secondary N) is 1. The van der Waals surface area contributed by atoms with E-state index in [0.29, 0.717) is 24.8 Å². The number of ether oxygens (including phenoxy) is 1. The molecule has 4 aliphatic rings. The largest absolute Gasteiger partial charge is 0.455 e. The Morgan fingerprint density at radius 3 is 2.54 bits per heavy atom. The molecule has 4 nitrogen and oxygen atoms in total. The van der Waals surface area contributed by atoms with Gasteiger partial charge in [-0.15, -0.1) is 11.6 Å². The molecule has 1 aromatic carbocycles. The number of amides is 1. The zero-order valence-corrected chi connectivity index (χ0v) is 17.7. The third kappa shape index (κ3) is 4.51. The number of alkyl halides is 1. The minimum absolute atomic E-state index is 0.186. The first-order chi connectivity index (χ1) is 13.5. The van der Waals surface area contributed by atoms with Crippen molar-refractivity contribution >= 4 is 35.2 Å². The maximum absolute atomic E-state index is 12.8. The molecule has 0 heterocycles. The molecule has 2 unspecified atom stereocenters. The molecule has 4 atom stereocenters. The highest BCUT2D eigenvalue weighted by atomic mass is 35.5. The normalized spacial score (nSPS) is 32.9. The van der Waals surface area contributed by atoms with Crippen molar-refractivity contribution in [2.45, 2.75) is 49.2 Å². The number of esters is 1. The molecule has 4 fully saturated rings. The van der Waals surface area contributed by atoms with Gasteiger partial charge in [-0.05, 0) is 55.9 Å². The van der Waals surface area contributed by atoms with E-state index in [9.17, 15) is 9.59 Å². The topological polar surface area (TPSA) is 55.4 Å². The lowest BCUT2D eigenvalue weighted by molar-refractivity contribution is -0.171. The van der Waals surface area contributed by atoms with Crippen LogP contribution in [0.5, 0.6) is 0 Å².